The van der Waals surface area contributed by atoms with E-state index in [2.05, 4.69) is 4.99 Å². The van der Waals surface area contributed by atoms with Gasteiger partial charge in [0.05, 0.1) is 6.54 Å². The van der Waals surface area contributed by atoms with Crippen LogP contribution in [-0.4, -0.2) is 17.4 Å². The smallest absolute Gasteiger partial charge is 0.123 e. The average molecular weight is 301 g/mol. The quantitative estimate of drug-likeness (QED) is 0.886. The van der Waals surface area contributed by atoms with E-state index >= 15 is 0 Å². The minimum atomic E-state index is -0.598. The molecule has 0 fully saturated rings. The fourth-order valence-electron chi connectivity index (χ4n) is 2.76. The second-order valence-corrected chi connectivity index (χ2v) is 5.75. The van der Waals surface area contributed by atoms with Gasteiger partial charge in [0.1, 0.15) is 23.0 Å². The maximum absolute atomic E-state index is 13.4. The van der Waals surface area contributed by atoms with Crippen molar-refractivity contribution in [2.24, 2.45) is 10.8 Å². The van der Waals surface area contributed by atoms with Crippen LogP contribution in [0.15, 0.2) is 53.5 Å². The van der Waals surface area contributed by atoms with Crippen LogP contribution in [0.4, 0.5) is 8.78 Å². The summed E-state index contributed by atoms with van der Waals surface area (Å²) >= 11 is 0. The third-order valence-corrected chi connectivity index (χ3v) is 3.88. The van der Waals surface area contributed by atoms with E-state index in [9.17, 15) is 8.78 Å². The minimum absolute atomic E-state index is 0.285. The van der Waals surface area contributed by atoms with Crippen LogP contribution in [0.3, 0.4) is 0 Å². The predicted molar refractivity (Wildman–Crippen MR) is 82.2 cm³/mol. The molecular formula is C17H17F2N3. The molecule has 0 bridgehead atoms. The Morgan fingerprint density at radius 2 is 1.82 bits per heavy atom. The number of benzene rings is 2. The number of hydrazine groups is 1. The molecule has 0 aromatic heterocycles. The molecule has 1 atom stereocenters. The van der Waals surface area contributed by atoms with E-state index in [1.807, 2.05) is 19.1 Å². The van der Waals surface area contributed by atoms with Crippen LogP contribution in [-0.2, 0) is 12.0 Å². The molecule has 1 heterocycles. The van der Waals surface area contributed by atoms with Gasteiger partial charge in [0.2, 0.25) is 0 Å². The molecule has 0 saturated carbocycles. The highest BCUT2D eigenvalue weighted by atomic mass is 19.1. The Labute approximate surface area is 128 Å². The summed E-state index contributed by atoms with van der Waals surface area (Å²) in [6, 6.07) is 12.7. The zero-order chi connectivity index (χ0) is 15.7. The Bertz CT molecular complexity index is 729. The number of halogens is 2. The Hall–Kier alpha value is -2.27. The van der Waals surface area contributed by atoms with Gasteiger partial charge in [-0.1, -0.05) is 24.3 Å². The van der Waals surface area contributed by atoms with Crippen LogP contribution in [0.25, 0.3) is 0 Å². The number of hydrogen-bond donors (Lipinski definition) is 1. The Kier molecular flexibility index (Phi) is 3.66. The first-order chi connectivity index (χ1) is 10.5. The van der Waals surface area contributed by atoms with Crippen molar-refractivity contribution in [1.82, 2.24) is 5.01 Å². The second-order valence-electron chi connectivity index (χ2n) is 5.75. The molecule has 22 heavy (non-hydrogen) atoms. The summed E-state index contributed by atoms with van der Waals surface area (Å²) < 4.78 is 26.7. The third kappa shape index (κ3) is 2.85. The second kappa shape index (κ2) is 5.50. The van der Waals surface area contributed by atoms with E-state index in [0.717, 1.165) is 11.1 Å². The normalized spacial score (nSPS) is 21.1. The molecule has 0 aliphatic carbocycles. The van der Waals surface area contributed by atoms with Crippen LogP contribution < -0.4 is 5.84 Å². The van der Waals surface area contributed by atoms with Gasteiger partial charge < -0.3 is 0 Å². The van der Waals surface area contributed by atoms with Gasteiger partial charge in [-0.15, -0.1) is 0 Å². The first kappa shape index (κ1) is 14.7. The molecular weight excluding hydrogens is 284 g/mol. The summed E-state index contributed by atoms with van der Waals surface area (Å²) in [5.41, 5.74) is 0.981. The van der Waals surface area contributed by atoms with Crippen molar-refractivity contribution in [3.8, 4) is 0 Å². The standard InChI is InChI=1S/C17H17F2N3/c1-17(13-5-3-7-15(19)10-13)11-22(20)16(21-17)9-12-4-2-6-14(18)8-12/h2-8,10H,9,11,20H2,1H3. The molecule has 114 valence electrons. The zero-order valence-electron chi connectivity index (χ0n) is 12.3. The number of nitrogens with zero attached hydrogens (tertiary/aromatic N) is 2. The van der Waals surface area contributed by atoms with Gasteiger partial charge >= 0.3 is 0 Å². The van der Waals surface area contributed by atoms with E-state index in [-0.39, 0.29) is 11.6 Å². The number of hydrogen-bond acceptors (Lipinski definition) is 3. The summed E-state index contributed by atoms with van der Waals surface area (Å²) in [6.45, 7) is 2.38. The summed E-state index contributed by atoms with van der Waals surface area (Å²) in [6.07, 6.45) is 0.444. The van der Waals surface area contributed by atoms with Crippen molar-refractivity contribution in [1.29, 1.82) is 0 Å². The van der Waals surface area contributed by atoms with E-state index in [0.29, 0.717) is 18.8 Å². The predicted octanol–water partition coefficient (Wildman–Crippen LogP) is 3.01. The molecule has 0 saturated heterocycles. The van der Waals surface area contributed by atoms with Gasteiger partial charge in [-0.2, -0.15) is 0 Å². The van der Waals surface area contributed by atoms with Crippen molar-refractivity contribution in [3.05, 3.63) is 71.3 Å². The molecule has 5 heteroatoms. The Morgan fingerprint density at radius 1 is 1.14 bits per heavy atom. The van der Waals surface area contributed by atoms with Gasteiger partial charge in [-0.3, -0.25) is 10.0 Å². The number of aliphatic imine (C=N–C) groups is 1. The van der Waals surface area contributed by atoms with Gasteiger partial charge in [0.25, 0.3) is 0 Å². The third-order valence-electron chi connectivity index (χ3n) is 3.88. The largest absolute Gasteiger partial charge is 0.296 e. The van der Waals surface area contributed by atoms with Crippen LogP contribution >= 0.6 is 0 Å². The lowest BCUT2D eigenvalue weighted by molar-refractivity contribution is 0.371. The maximum atomic E-state index is 13.4. The zero-order valence-corrected chi connectivity index (χ0v) is 12.3. The molecule has 0 spiro atoms. The monoisotopic (exact) mass is 301 g/mol. The van der Waals surface area contributed by atoms with E-state index in [1.54, 1.807) is 17.1 Å². The fourth-order valence-corrected chi connectivity index (χ4v) is 2.76. The van der Waals surface area contributed by atoms with Crippen LogP contribution in [0.1, 0.15) is 18.1 Å². The maximum Gasteiger partial charge on any atom is 0.123 e. The van der Waals surface area contributed by atoms with Crippen molar-refractivity contribution in [2.75, 3.05) is 6.54 Å². The van der Waals surface area contributed by atoms with Crippen LogP contribution in [0.5, 0.6) is 0 Å². The van der Waals surface area contributed by atoms with Gasteiger partial charge in [-0.05, 0) is 42.3 Å². The number of amidine groups is 1. The Morgan fingerprint density at radius 3 is 2.50 bits per heavy atom. The van der Waals surface area contributed by atoms with Crippen molar-refractivity contribution in [3.63, 3.8) is 0 Å². The first-order valence-corrected chi connectivity index (χ1v) is 7.08. The van der Waals surface area contributed by atoms with E-state index in [4.69, 9.17) is 5.84 Å². The molecule has 0 radical (unpaired) electrons. The van der Waals surface area contributed by atoms with Gasteiger partial charge in [0.15, 0.2) is 0 Å². The highest BCUT2D eigenvalue weighted by molar-refractivity contribution is 5.86. The van der Waals surface area contributed by atoms with Crippen molar-refractivity contribution in [2.45, 2.75) is 18.9 Å². The number of rotatable bonds is 3. The molecule has 2 N–H and O–H groups in total. The molecule has 0 amide bonds. The van der Waals surface area contributed by atoms with Gasteiger partial charge in [-0.25, -0.2) is 14.6 Å². The molecule has 2 aromatic carbocycles. The molecule has 2 aromatic rings. The lowest BCUT2D eigenvalue weighted by atomic mass is 9.93. The minimum Gasteiger partial charge on any atom is -0.296 e. The Balaban J connectivity index is 1.89. The topological polar surface area (TPSA) is 41.6 Å². The lowest BCUT2D eigenvalue weighted by Gasteiger charge is -2.22. The molecule has 3 rings (SSSR count). The van der Waals surface area contributed by atoms with Crippen LogP contribution in [0.2, 0.25) is 0 Å². The summed E-state index contributed by atoms with van der Waals surface area (Å²) in [5, 5.41) is 1.55. The molecule has 1 aliphatic heterocycles. The summed E-state index contributed by atoms with van der Waals surface area (Å²) in [4.78, 5) is 4.67. The van der Waals surface area contributed by atoms with Gasteiger partial charge in [0, 0.05) is 6.42 Å². The van der Waals surface area contributed by atoms with Crippen LogP contribution in [0, 0.1) is 11.6 Å². The van der Waals surface area contributed by atoms with E-state index < -0.39 is 5.54 Å². The summed E-state index contributed by atoms with van der Waals surface area (Å²) in [5.74, 6) is 6.12. The first-order valence-electron chi connectivity index (χ1n) is 7.08. The lowest BCUT2D eigenvalue weighted by Crippen LogP contribution is -2.38. The number of nitrogens with two attached hydrogens (primary N) is 1. The van der Waals surface area contributed by atoms with Crippen molar-refractivity contribution < 1.29 is 8.78 Å². The van der Waals surface area contributed by atoms with Crippen molar-refractivity contribution >= 4 is 5.84 Å². The highest BCUT2D eigenvalue weighted by Gasteiger charge is 2.35. The SMILES string of the molecule is CC1(c2cccc(F)c2)CN(N)C(Cc2cccc(F)c2)=N1. The summed E-state index contributed by atoms with van der Waals surface area (Å²) in [7, 11) is 0. The average Bonchev–Trinajstić information content (AvgIpc) is 2.75. The molecule has 1 unspecified atom stereocenters. The van der Waals surface area contributed by atoms with E-state index in [1.165, 1.54) is 24.3 Å². The molecule has 3 nitrogen and oxygen atoms in total. The molecule has 1 aliphatic rings. The highest BCUT2D eigenvalue weighted by Crippen LogP contribution is 2.31. The fraction of sp³-hybridized carbons (Fsp3) is 0.235.